The third-order valence-electron chi connectivity index (χ3n) is 0.958. The summed E-state index contributed by atoms with van der Waals surface area (Å²) in [5, 5.41) is 0.162. The highest BCUT2D eigenvalue weighted by Crippen LogP contribution is 2.12. The van der Waals surface area contributed by atoms with Crippen molar-refractivity contribution in [1.29, 1.82) is 0 Å². The normalized spacial score (nSPS) is 12.9. The predicted molar refractivity (Wildman–Crippen MR) is 53.0 cm³/mol. The van der Waals surface area contributed by atoms with Crippen LogP contribution in [0.1, 0.15) is 6.92 Å². The number of ketones is 1. The van der Waals surface area contributed by atoms with E-state index in [1.54, 1.807) is 6.08 Å². The van der Waals surface area contributed by atoms with Crippen molar-refractivity contribution in [3.8, 4) is 0 Å². The molecule has 2 nitrogen and oxygen atoms in total. The molecule has 0 aliphatic heterocycles. The van der Waals surface area contributed by atoms with E-state index in [0.29, 0.717) is 6.54 Å². The van der Waals surface area contributed by atoms with E-state index in [4.69, 9.17) is 23.2 Å². The van der Waals surface area contributed by atoms with Crippen molar-refractivity contribution < 1.29 is 4.79 Å². The van der Waals surface area contributed by atoms with Crippen LogP contribution in [-0.4, -0.2) is 18.5 Å². The van der Waals surface area contributed by atoms with Crippen LogP contribution in [0.15, 0.2) is 27.7 Å². The molecule has 0 aromatic rings. The van der Waals surface area contributed by atoms with E-state index in [1.165, 1.54) is 13.1 Å². The van der Waals surface area contributed by atoms with Gasteiger partial charge in [-0.15, -0.1) is 6.58 Å². The summed E-state index contributed by atoms with van der Waals surface area (Å²) in [6, 6.07) is 0. The molecule has 0 amide bonds. The van der Waals surface area contributed by atoms with Gasteiger partial charge < -0.3 is 0 Å². The molecule has 0 heterocycles. The highest BCUT2D eigenvalue weighted by molar-refractivity contribution is 6.52. The average molecular weight is 206 g/mol. The fourth-order valence-corrected chi connectivity index (χ4v) is 0.683. The van der Waals surface area contributed by atoms with E-state index in [0.717, 1.165) is 0 Å². The summed E-state index contributed by atoms with van der Waals surface area (Å²) >= 11 is 11.1. The van der Waals surface area contributed by atoms with Gasteiger partial charge in [-0.2, -0.15) is 0 Å². The van der Waals surface area contributed by atoms with Crippen LogP contribution < -0.4 is 0 Å². The molecule has 66 valence electrons. The number of halogens is 2. The Kier molecular flexibility index (Phi) is 5.68. The van der Waals surface area contributed by atoms with E-state index in [9.17, 15) is 4.79 Å². The molecule has 0 aliphatic rings. The zero-order valence-corrected chi connectivity index (χ0v) is 8.19. The molecule has 0 aromatic heterocycles. The lowest BCUT2D eigenvalue weighted by molar-refractivity contribution is -0.113. The lowest BCUT2D eigenvalue weighted by Gasteiger charge is -1.92. The van der Waals surface area contributed by atoms with Gasteiger partial charge >= 0.3 is 0 Å². The maximum atomic E-state index is 10.7. The van der Waals surface area contributed by atoms with Gasteiger partial charge in [0.25, 0.3) is 0 Å². The SMILES string of the molecule is C=CC/N=C\C(Cl)=C(\Cl)C(C)=O. The molecule has 0 unspecified atom stereocenters. The van der Waals surface area contributed by atoms with Crippen molar-refractivity contribution in [3.63, 3.8) is 0 Å². The molecule has 0 saturated carbocycles. The fraction of sp³-hybridized carbons (Fsp3) is 0.250. The average Bonchev–Trinajstić information content (AvgIpc) is 2.03. The largest absolute Gasteiger partial charge is 0.293 e. The summed E-state index contributed by atoms with van der Waals surface area (Å²) in [5.41, 5.74) is 0. The van der Waals surface area contributed by atoms with Gasteiger partial charge in [0.05, 0.1) is 11.6 Å². The zero-order chi connectivity index (χ0) is 9.56. The Labute approximate surface area is 81.6 Å². The number of hydrogen-bond donors (Lipinski definition) is 0. The Morgan fingerprint density at radius 1 is 1.58 bits per heavy atom. The van der Waals surface area contributed by atoms with Gasteiger partial charge in [-0.3, -0.25) is 9.79 Å². The number of Topliss-reactive ketones (excluding diaryl/α,β-unsaturated/α-hetero) is 1. The van der Waals surface area contributed by atoms with Gasteiger partial charge in [0.15, 0.2) is 5.78 Å². The molecule has 0 bridgehead atoms. The molecular formula is C8H9Cl2NO. The number of carbonyl (C=O) groups is 1. The second-order valence-electron chi connectivity index (χ2n) is 2.00. The predicted octanol–water partition coefficient (Wildman–Crippen LogP) is 2.52. The van der Waals surface area contributed by atoms with Crippen LogP contribution in [0.25, 0.3) is 0 Å². The third kappa shape index (κ3) is 4.31. The van der Waals surface area contributed by atoms with Gasteiger partial charge in [-0.25, -0.2) is 0 Å². The van der Waals surface area contributed by atoms with Gasteiger partial charge in [0, 0.05) is 13.1 Å². The molecule has 0 radical (unpaired) electrons. The number of allylic oxidation sites excluding steroid dienone is 2. The summed E-state index contributed by atoms with van der Waals surface area (Å²) in [5.74, 6) is -0.272. The molecule has 0 N–H and O–H groups in total. The van der Waals surface area contributed by atoms with Crippen molar-refractivity contribution in [2.24, 2.45) is 4.99 Å². The smallest absolute Gasteiger partial charge is 0.172 e. The standard InChI is InChI=1S/C8H9Cl2NO/c1-3-4-11-5-7(9)8(10)6(2)12/h3,5H,1,4H2,2H3/b8-7-,11-5-. The van der Waals surface area contributed by atoms with Gasteiger partial charge in [0.2, 0.25) is 0 Å². The van der Waals surface area contributed by atoms with Crippen molar-refractivity contribution >= 4 is 35.2 Å². The molecule has 0 spiro atoms. The minimum absolute atomic E-state index is 0.00415. The van der Waals surface area contributed by atoms with Crippen molar-refractivity contribution in [1.82, 2.24) is 0 Å². The number of rotatable bonds is 4. The second kappa shape index (κ2) is 5.98. The molecule has 0 aliphatic carbocycles. The van der Waals surface area contributed by atoms with E-state index in [-0.39, 0.29) is 15.8 Å². The van der Waals surface area contributed by atoms with Crippen LogP contribution in [0.4, 0.5) is 0 Å². The first kappa shape index (κ1) is 11.4. The monoisotopic (exact) mass is 205 g/mol. The third-order valence-corrected chi connectivity index (χ3v) is 1.81. The molecule has 12 heavy (non-hydrogen) atoms. The first-order valence-electron chi connectivity index (χ1n) is 3.26. The molecule has 0 rings (SSSR count). The van der Waals surface area contributed by atoms with Crippen LogP contribution in [0, 0.1) is 0 Å². The van der Waals surface area contributed by atoms with Crippen LogP contribution in [0.3, 0.4) is 0 Å². The highest BCUT2D eigenvalue weighted by atomic mass is 35.5. The Morgan fingerprint density at radius 3 is 2.58 bits per heavy atom. The van der Waals surface area contributed by atoms with E-state index >= 15 is 0 Å². The quantitative estimate of drug-likeness (QED) is 0.394. The molecule has 0 aromatic carbocycles. The van der Waals surface area contributed by atoms with Crippen molar-refractivity contribution in [2.75, 3.05) is 6.54 Å². The zero-order valence-electron chi connectivity index (χ0n) is 6.68. The van der Waals surface area contributed by atoms with E-state index < -0.39 is 0 Å². The Balaban J connectivity index is 4.35. The van der Waals surface area contributed by atoms with Gasteiger partial charge in [-0.1, -0.05) is 29.3 Å². The topological polar surface area (TPSA) is 29.4 Å². The highest BCUT2D eigenvalue weighted by Gasteiger charge is 2.03. The Morgan fingerprint density at radius 2 is 2.17 bits per heavy atom. The van der Waals surface area contributed by atoms with Crippen LogP contribution in [-0.2, 0) is 4.79 Å². The fourth-order valence-electron chi connectivity index (χ4n) is 0.432. The van der Waals surface area contributed by atoms with Crippen LogP contribution in [0.5, 0.6) is 0 Å². The number of aliphatic imine (C=N–C) groups is 1. The van der Waals surface area contributed by atoms with Gasteiger partial charge in [-0.05, 0) is 0 Å². The first-order chi connectivity index (χ1) is 5.59. The molecule has 0 fully saturated rings. The summed E-state index contributed by atoms with van der Waals surface area (Å²) in [6.45, 7) is 5.26. The molecule has 0 saturated heterocycles. The van der Waals surface area contributed by atoms with E-state index in [1.807, 2.05) is 0 Å². The Hall–Kier alpha value is -0.600. The summed E-state index contributed by atoms with van der Waals surface area (Å²) in [7, 11) is 0. The van der Waals surface area contributed by atoms with Crippen LogP contribution >= 0.6 is 23.2 Å². The first-order valence-corrected chi connectivity index (χ1v) is 4.02. The lowest BCUT2D eigenvalue weighted by Crippen LogP contribution is -1.92. The maximum absolute atomic E-state index is 10.7. The second-order valence-corrected chi connectivity index (χ2v) is 2.79. The number of nitrogens with zero attached hydrogens (tertiary/aromatic N) is 1. The van der Waals surface area contributed by atoms with Crippen molar-refractivity contribution in [2.45, 2.75) is 6.92 Å². The minimum Gasteiger partial charge on any atom is -0.293 e. The molecule has 4 heteroatoms. The molecule has 0 atom stereocenters. The van der Waals surface area contributed by atoms with Gasteiger partial charge in [0.1, 0.15) is 5.03 Å². The minimum atomic E-state index is -0.272. The molecular weight excluding hydrogens is 197 g/mol. The Bertz CT molecular complexity index is 243. The summed E-state index contributed by atoms with van der Waals surface area (Å²) < 4.78 is 0. The number of carbonyl (C=O) groups excluding carboxylic acids is 1. The maximum Gasteiger partial charge on any atom is 0.172 e. The lowest BCUT2D eigenvalue weighted by atomic mass is 10.4. The summed E-state index contributed by atoms with van der Waals surface area (Å²) in [6.07, 6.45) is 2.95. The summed E-state index contributed by atoms with van der Waals surface area (Å²) in [4.78, 5) is 14.5. The van der Waals surface area contributed by atoms with E-state index in [2.05, 4.69) is 11.6 Å². The van der Waals surface area contributed by atoms with Crippen molar-refractivity contribution in [3.05, 3.63) is 22.7 Å². The number of hydrogen-bond acceptors (Lipinski definition) is 2. The van der Waals surface area contributed by atoms with Crippen LogP contribution in [0.2, 0.25) is 0 Å².